The van der Waals surface area contributed by atoms with Crippen LogP contribution in [0.4, 0.5) is 5.69 Å². The summed E-state index contributed by atoms with van der Waals surface area (Å²) in [6.45, 7) is 2.44. The molecule has 1 heterocycles. The van der Waals surface area contributed by atoms with Crippen LogP contribution in [0.5, 0.6) is 17.2 Å². The molecule has 0 aliphatic carbocycles. The smallest absolute Gasteiger partial charge is 0.240 e. The number of hydrogen-bond donors (Lipinski definition) is 1. The van der Waals surface area contributed by atoms with E-state index in [0.717, 1.165) is 10.6 Å². The van der Waals surface area contributed by atoms with E-state index in [-0.39, 0.29) is 19.2 Å². The molecule has 0 fully saturated rings. The van der Waals surface area contributed by atoms with E-state index in [1.165, 1.54) is 0 Å². The molecule has 1 aliphatic heterocycles. The van der Waals surface area contributed by atoms with Crippen LogP contribution in [-0.4, -0.2) is 53.0 Å². The molecule has 156 valence electrons. The van der Waals surface area contributed by atoms with Crippen molar-refractivity contribution in [3.05, 3.63) is 48.5 Å². The van der Waals surface area contributed by atoms with Gasteiger partial charge in [0.05, 0.1) is 25.1 Å². The van der Waals surface area contributed by atoms with Crippen molar-refractivity contribution in [3.8, 4) is 17.2 Å². The summed E-state index contributed by atoms with van der Waals surface area (Å²) >= 11 is 0. The summed E-state index contributed by atoms with van der Waals surface area (Å²) in [6, 6.07) is 13.9. The first kappa shape index (κ1) is 20.8. The number of amides is 1. The van der Waals surface area contributed by atoms with Crippen LogP contribution in [0.25, 0.3) is 0 Å². The molecule has 1 atom stereocenters. The van der Waals surface area contributed by atoms with E-state index in [2.05, 4.69) is 5.32 Å². The van der Waals surface area contributed by atoms with Gasteiger partial charge in [-0.15, -0.1) is 0 Å². The highest BCUT2D eigenvalue weighted by Crippen LogP contribution is 2.30. The van der Waals surface area contributed by atoms with E-state index in [9.17, 15) is 13.2 Å². The minimum absolute atomic E-state index is 0.198. The highest BCUT2D eigenvalue weighted by Gasteiger charge is 2.24. The standard InChI is InChI=1S/C20H24N2O6S/c1-3-26-16-8-6-7-15(11-16)22(29(2,24)25)13-20(23)21-12-17-14-27-18-9-4-5-10-19(18)28-17/h4-11,17H,3,12-14H2,1-2H3,(H,21,23)/t17-/m1/s1. The van der Waals surface area contributed by atoms with Crippen molar-refractivity contribution in [1.82, 2.24) is 5.32 Å². The van der Waals surface area contributed by atoms with Gasteiger partial charge in [-0.2, -0.15) is 0 Å². The molecular weight excluding hydrogens is 396 g/mol. The van der Waals surface area contributed by atoms with Crippen LogP contribution in [-0.2, 0) is 14.8 Å². The van der Waals surface area contributed by atoms with Crippen LogP contribution in [0.15, 0.2) is 48.5 Å². The van der Waals surface area contributed by atoms with Gasteiger partial charge in [-0.1, -0.05) is 18.2 Å². The second kappa shape index (κ2) is 9.04. The number of carbonyl (C=O) groups excluding carboxylic acids is 1. The molecule has 1 amide bonds. The number of hydrogen-bond acceptors (Lipinski definition) is 6. The van der Waals surface area contributed by atoms with Crippen molar-refractivity contribution in [1.29, 1.82) is 0 Å². The molecular formula is C20H24N2O6S. The number of nitrogens with one attached hydrogen (secondary N) is 1. The van der Waals surface area contributed by atoms with Gasteiger partial charge in [-0.3, -0.25) is 9.10 Å². The Morgan fingerprint density at radius 3 is 2.69 bits per heavy atom. The van der Waals surface area contributed by atoms with E-state index in [1.807, 2.05) is 25.1 Å². The third-order valence-electron chi connectivity index (χ3n) is 4.20. The molecule has 8 nitrogen and oxygen atoms in total. The van der Waals surface area contributed by atoms with Crippen molar-refractivity contribution in [3.63, 3.8) is 0 Å². The molecule has 0 radical (unpaired) electrons. The maximum Gasteiger partial charge on any atom is 0.240 e. The lowest BCUT2D eigenvalue weighted by Crippen LogP contribution is -2.45. The molecule has 1 aliphatic rings. The van der Waals surface area contributed by atoms with E-state index in [0.29, 0.717) is 36.1 Å². The van der Waals surface area contributed by atoms with Crippen molar-refractivity contribution in [2.45, 2.75) is 13.0 Å². The van der Waals surface area contributed by atoms with Gasteiger partial charge in [0, 0.05) is 6.07 Å². The van der Waals surface area contributed by atoms with Gasteiger partial charge in [0.15, 0.2) is 11.5 Å². The third kappa shape index (κ3) is 5.54. The van der Waals surface area contributed by atoms with E-state index >= 15 is 0 Å². The lowest BCUT2D eigenvalue weighted by Gasteiger charge is -2.27. The minimum atomic E-state index is -3.67. The Labute approximate surface area is 170 Å². The third-order valence-corrected chi connectivity index (χ3v) is 5.34. The van der Waals surface area contributed by atoms with E-state index in [1.54, 1.807) is 30.3 Å². The van der Waals surface area contributed by atoms with Gasteiger partial charge in [-0.05, 0) is 31.2 Å². The predicted octanol–water partition coefficient (Wildman–Crippen LogP) is 1.81. The Bertz CT molecular complexity index is 963. The summed E-state index contributed by atoms with van der Waals surface area (Å²) in [5.41, 5.74) is 0.361. The van der Waals surface area contributed by atoms with Crippen LogP contribution in [0, 0.1) is 0 Å². The number of para-hydroxylation sites is 2. The Balaban J connectivity index is 1.62. The zero-order valence-electron chi connectivity index (χ0n) is 16.3. The molecule has 2 aromatic carbocycles. The van der Waals surface area contributed by atoms with Crippen molar-refractivity contribution >= 4 is 21.6 Å². The SMILES string of the molecule is CCOc1cccc(N(CC(=O)NC[C@@H]2COc3ccccc3O2)S(C)(=O)=O)c1. The summed E-state index contributed by atoms with van der Waals surface area (Å²) in [5, 5.41) is 2.71. The first-order chi connectivity index (χ1) is 13.9. The maximum atomic E-state index is 12.4. The molecule has 29 heavy (non-hydrogen) atoms. The number of ether oxygens (including phenoxy) is 3. The number of rotatable bonds is 8. The first-order valence-electron chi connectivity index (χ1n) is 9.22. The summed E-state index contributed by atoms with van der Waals surface area (Å²) in [5.74, 6) is 1.36. The molecule has 0 saturated carbocycles. The second-order valence-corrected chi connectivity index (χ2v) is 8.41. The van der Waals surface area contributed by atoms with Crippen LogP contribution >= 0.6 is 0 Å². The topological polar surface area (TPSA) is 94.2 Å². The van der Waals surface area contributed by atoms with Gasteiger partial charge in [-0.25, -0.2) is 8.42 Å². The molecule has 9 heteroatoms. The van der Waals surface area contributed by atoms with Gasteiger partial charge in [0.2, 0.25) is 15.9 Å². The Hall–Kier alpha value is -2.94. The lowest BCUT2D eigenvalue weighted by atomic mass is 10.2. The summed E-state index contributed by atoms with van der Waals surface area (Å²) in [4.78, 5) is 12.4. The predicted molar refractivity (Wildman–Crippen MR) is 109 cm³/mol. The molecule has 0 spiro atoms. The second-order valence-electron chi connectivity index (χ2n) is 6.50. The zero-order valence-corrected chi connectivity index (χ0v) is 17.1. The van der Waals surface area contributed by atoms with Crippen LogP contribution in [0.3, 0.4) is 0 Å². The average molecular weight is 420 g/mol. The Kier molecular flexibility index (Phi) is 6.48. The number of benzene rings is 2. The fourth-order valence-corrected chi connectivity index (χ4v) is 3.72. The van der Waals surface area contributed by atoms with Crippen molar-refractivity contribution in [2.24, 2.45) is 0 Å². The van der Waals surface area contributed by atoms with Crippen LogP contribution in [0.1, 0.15) is 6.92 Å². The molecule has 0 unspecified atom stereocenters. The molecule has 0 bridgehead atoms. The van der Waals surface area contributed by atoms with Crippen molar-refractivity contribution in [2.75, 3.05) is 36.9 Å². The van der Waals surface area contributed by atoms with Gasteiger partial charge in [0.1, 0.15) is 25.0 Å². The number of fused-ring (bicyclic) bond motifs is 1. The van der Waals surface area contributed by atoms with Gasteiger partial charge < -0.3 is 19.5 Å². The van der Waals surface area contributed by atoms with Gasteiger partial charge in [0.25, 0.3) is 0 Å². The minimum Gasteiger partial charge on any atom is -0.494 e. The first-order valence-corrected chi connectivity index (χ1v) is 11.1. The summed E-state index contributed by atoms with van der Waals surface area (Å²) in [6.07, 6.45) is 0.699. The zero-order chi connectivity index (χ0) is 20.9. The Morgan fingerprint density at radius 2 is 1.97 bits per heavy atom. The molecule has 2 aromatic rings. The quantitative estimate of drug-likeness (QED) is 0.700. The van der Waals surface area contributed by atoms with Crippen LogP contribution < -0.4 is 23.8 Å². The summed E-state index contributed by atoms with van der Waals surface area (Å²) in [7, 11) is -3.67. The number of nitrogens with zero attached hydrogens (tertiary/aromatic N) is 1. The monoisotopic (exact) mass is 420 g/mol. The summed E-state index contributed by atoms with van der Waals surface area (Å²) < 4.78 is 42.3. The fraction of sp³-hybridized carbons (Fsp3) is 0.350. The molecule has 3 rings (SSSR count). The van der Waals surface area contributed by atoms with E-state index < -0.39 is 15.9 Å². The molecule has 0 saturated heterocycles. The molecule has 1 N–H and O–H groups in total. The molecule has 0 aromatic heterocycles. The number of anilines is 1. The average Bonchev–Trinajstić information content (AvgIpc) is 2.70. The highest BCUT2D eigenvalue weighted by molar-refractivity contribution is 7.92. The number of carbonyl (C=O) groups is 1. The van der Waals surface area contributed by atoms with Crippen molar-refractivity contribution < 1.29 is 27.4 Å². The Morgan fingerprint density at radius 1 is 1.21 bits per heavy atom. The van der Waals surface area contributed by atoms with Gasteiger partial charge >= 0.3 is 0 Å². The normalized spacial score (nSPS) is 15.4. The lowest BCUT2D eigenvalue weighted by molar-refractivity contribution is -0.120. The van der Waals surface area contributed by atoms with Crippen LogP contribution in [0.2, 0.25) is 0 Å². The number of sulfonamides is 1. The highest BCUT2D eigenvalue weighted by atomic mass is 32.2. The maximum absolute atomic E-state index is 12.4. The largest absolute Gasteiger partial charge is 0.494 e. The van der Waals surface area contributed by atoms with E-state index in [4.69, 9.17) is 14.2 Å². The fourth-order valence-electron chi connectivity index (χ4n) is 2.87.